The molecule has 0 aromatic heterocycles. The van der Waals surface area contributed by atoms with E-state index in [0.29, 0.717) is 19.5 Å². The minimum absolute atomic E-state index is 0.000612. The Hall–Kier alpha value is -3.09. The van der Waals surface area contributed by atoms with Gasteiger partial charge in [0.25, 0.3) is 0 Å². The fraction of sp³-hybridized carbons (Fsp3) is 0.500. The number of amides is 2. The van der Waals surface area contributed by atoms with E-state index in [-0.39, 0.29) is 24.0 Å². The Morgan fingerprint density at radius 1 is 1.21 bits per heavy atom. The van der Waals surface area contributed by atoms with Crippen molar-refractivity contribution in [2.75, 3.05) is 27.2 Å². The molecule has 2 amide bonds. The second kappa shape index (κ2) is 14.1. The predicted molar refractivity (Wildman–Crippen MR) is 135 cm³/mol. The number of carbonyl (C=O) groups is 2. The molecule has 0 saturated carbocycles. The number of nitrogens with zero attached hydrogens (tertiary/aromatic N) is 3. The van der Waals surface area contributed by atoms with E-state index in [9.17, 15) is 9.59 Å². The summed E-state index contributed by atoms with van der Waals surface area (Å²) in [7, 11) is 3.97. The average Bonchev–Trinajstić information content (AvgIpc) is 2.76. The second-order valence-corrected chi connectivity index (χ2v) is 8.49. The van der Waals surface area contributed by atoms with Gasteiger partial charge in [0, 0.05) is 32.9 Å². The lowest BCUT2D eigenvalue weighted by atomic mass is 10.0. The van der Waals surface area contributed by atoms with Crippen LogP contribution in [-0.2, 0) is 14.4 Å². The quantitative estimate of drug-likeness (QED) is 0.217. The molecule has 1 aliphatic heterocycles. The normalized spacial score (nSPS) is 16.9. The molecule has 1 atom stereocenters. The summed E-state index contributed by atoms with van der Waals surface area (Å²) < 4.78 is 0. The maximum absolute atomic E-state index is 13.0. The molecule has 7 heteroatoms. The lowest BCUT2D eigenvalue weighted by Crippen LogP contribution is -2.52. The molecular formula is C26H40N4O3. The lowest BCUT2D eigenvalue weighted by molar-refractivity contribution is -0.142. The van der Waals surface area contributed by atoms with Crippen molar-refractivity contribution in [3.8, 4) is 0 Å². The number of hydrogen-bond acceptors (Lipinski definition) is 5. The lowest BCUT2D eigenvalue weighted by Gasteiger charge is -2.34. The molecule has 0 aliphatic carbocycles. The van der Waals surface area contributed by atoms with Crippen molar-refractivity contribution in [2.24, 2.45) is 5.16 Å². The van der Waals surface area contributed by atoms with Crippen LogP contribution in [0.1, 0.15) is 53.4 Å². The number of likely N-dealkylation sites (tertiary alicyclic amines) is 1. The Bertz CT molecular complexity index is 846. The number of oxime groups is 1. The fourth-order valence-corrected chi connectivity index (χ4v) is 3.62. The van der Waals surface area contributed by atoms with Gasteiger partial charge in [-0.05, 0) is 64.2 Å². The Kier molecular flexibility index (Phi) is 12.0. The predicted octanol–water partition coefficient (Wildman–Crippen LogP) is 4.32. The molecule has 1 N–H and O–H groups in total. The van der Waals surface area contributed by atoms with Crippen LogP contribution in [0.2, 0.25) is 0 Å². The second-order valence-electron chi connectivity index (χ2n) is 8.49. The van der Waals surface area contributed by atoms with Crippen LogP contribution in [-0.4, -0.2) is 60.6 Å². The molecule has 1 unspecified atom stereocenters. The minimum atomic E-state index is -0.505. The molecule has 182 valence electrons. The van der Waals surface area contributed by atoms with Crippen LogP contribution in [0.4, 0.5) is 0 Å². The number of carbonyl (C=O) groups excluding carboxylic acids is 2. The highest BCUT2D eigenvalue weighted by molar-refractivity contribution is 5.88. The van der Waals surface area contributed by atoms with Crippen molar-refractivity contribution in [2.45, 2.75) is 59.4 Å². The van der Waals surface area contributed by atoms with E-state index in [0.717, 1.165) is 35.4 Å². The Balaban J connectivity index is 2.80. The van der Waals surface area contributed by atoms with Gasteiger partial charge in [0.15, 0.2) is 0 Å². The zero-order valence-corrected chi connectivity index (χ0v) is 21.1. The van der Waals surface area contributed by atoms with Crippen molar-refractivity contribution in [1.29, 1.82) is 0 Å². The summed E-state index contributed by atoms with van der Waals surface area (Å²) in [6, 6.07) is -0.505. The number of nitrogens with one attached hydrogen (secondary N) is 1. The van der Waals surface area contributed by atoms with Crippen LogP contribution in [0.15, 0.2) is 65.2 Å². The summed E-state index contributed by atoms with van der Waals surface area (Å²) in [5.74, 6) is -0.0822. The number of rotatable bonds is 11. The highest BCUT2D eigenvalue weighted by Crippen LogP contribution is 2.20. The van der Waals surface area contributed by atoms with E-state index in [1.165, 1.54) is 0 Å². The molecule has 33 heavy (non-hydrogen) atoms. The third-order valence-corrected chi connectivity index (χ3v) is 5.08. The highest BCUT2D eigenvalue weighted by Gasteiger charge is 2.32. The zero-order chi connectivity index (χ0) is 25.0. The van der Waals surface area contributed by atoms with Crippen molar-refractivity contribution < 1.29 is 14.4 Å². The van der Waals surface area contributed by atoms with Crippen LogP contribution >= 0.6 is 0 Å². The summed E-state index contributed by atoms with van der Waals surface area (Å²) in [6.07, 6.45) is 10.4. The molecule has 0 bridgehead atoms. The van der Waals surface area contributed by atoms with Crippen molar-refractivity contribution in [3.05, 3.63) is 60.1 Å². The Labute approximate surface area is 199 Å². The van der Waals surface area contributed by atoms with Crippen molar-refractivity contribution in [1.82, 2.24) is 15.1 Å². The first kappa shape index (κ1) is 27.9. The van der Waals surface area contributed by atoms with Gasteiger partial charge in [-0.3, -0.25) is 9.59 Å². The third kappa shape index (κ3) is 9.51. The Morgan fingerprint density at radius 3 is 2.48 bits per heavy atom. The molecule has 0 aromatic carbocycles. The molecule has 7 nitrogen and oxygen atoms in total. The SMILES string of the molecule is C=C(/C=C(\C=C/C)C(=C/C)/N(C)C)CNC(=O)C1CCCCN1C(=O)CC(=C)ON=C(C)C. The van der Waals surface area contributed by atoms with Gasteiger partial charge in [-0.2, -0.15) is 0 Å². The summed E-state index contributed by atoms with van der Waals surface area (Å²) >= 11 is 0. The van der Waals surface area contributed by atoms with Gasteiger partial charge in [-0.15, -0.1) is 0 Å². The van der Waals surface area contributed by atoms with E-state index >= 15 is 0 Å². The monoisotopic (exact) mass is 456 g/mol. The van der Waals surface area contributed by atoms with Crippen LogP contribution < -0.4 is 5.32 Å². The summed E-state index contributed by atoms with van der Waals surface area (Å²) in [4.78, 5) is 34.6. The van der Waals surface area contributed by atoms with Gasteiger partial charge >= 0.3 is 0 Å². The number of hydrogen-bond donors (Lipinski definition) is 1. The zero-order valence-electron chi connectivity index (χ0n) is 21.1. The summed E-state index contributed by atoms with van der Waals surface area (Å²) in [5.41, 5.74) is 3.59. The fourth-order valence-electron chi connectivity index (χ4n) is 3.62. The number of allylic oxidation sites excluding steroid dienone is 3. The first-order valence-electron chi connectivity index (χ1n) is 11.4. The number of likely N-dealkylation sites (N-methyl/N-ethyl adjacent to an activating group) is 1. The van der Waals surface area contributed by atoms with E-state index in [2.05, 4.69) is 23.6 Å². The van der Waals surface area contributed by atoms with Crippen LogP contribution in [0.3, 0.4) is 0 Å². The topological polar surface area (TPSA) is 74.2 Å². The smallest absolute Gasteiger partial charge is 0.243 e. The highest BCUT2D eigenvalue weighted by atomic mass is 16.6. The maximum atomic E-state index is 13.0. The van der Waals surface area contributed by atoms with Crippen LogP contribution in [0.25, 0.3) is 0 Å². The van der Waals surface area contributed by atoms with E-state index in [1.54, 1.807) is 18.7 Å². The maximum Gasteiger partial charge on any atom is 0.243 e. The molecular weight excluding hydrogens is 416 g/mol. The van der Waals surface area contributed by atoms with Gasteiger partial charge in [0.1, 0.15) is 11.8 Å². The molecule has 1 fully saturated rings. The van der Waals surface area contributed by atoms with Crippen molar-refractivity contribution >= 4 is 17.5 Å². The van der Waals surface area contributed by atoms with E-state index in [1.807, 2.05) is 57.1 Å². The van der Waals surface area contributed by atoms with Gasteiger partial charge in [0.05, 0.1) is 12.1 Å². The number of piperidine rings is 1. The van der Waals surface area contributed by atoms with Gasteiger partial charge in [0.2, 0.25) is 11.8 Å². The molecule has 0 spiro atoms. The standard InChI is InChI=1S/C26H40N4O3/c1-9-13-22(23(10-2)29(7)8)16-20(5)18-27-26(32)24-14-11-12-15-30(24)25(31)17-21(6)33-28-19(3)4/h9-10,13,16,24H,5-6,11-12,14-15,17-18H2,1-4,7-8H3,(H,27,32)/b13-9-,22-16+,23-10-. The van der Waals surface area contributed by atoms with Gasteiger partial charge < -0.3 is 20.0 Å². The molecule has 1 heterocycles. The molecule has 1 aliphatic rings. The largest absolute Gasteiger partial charge is 0.377 e. The molecule has 1 saturated heterocycles. The van der Waals surface area contributed by atoms with E-state index in [4.69, 9.17) is 4.84 Å². The summed E-state index contributed by atoms with van der Waals surface area (Å²) in [5, 5.41) is 6.79. The molecule has 0 aromatic rings. The van der Waals surface area contributed by atoms with Crippen LogP contribution in [0.5, 0.6) is 0 Å². The minimum Gasteiger partial charge on any atom is -0.377 e. The summed E-state index contributed by atoms with van der Waals surface area (Å²) in [6.45, 7) is 16.3. The Morgan fingerprint density at radius 2 is 1.91 bits per heavy atom. The first-order chi connectivity index (χ1) is 15.6. The van der Waals surface area contributed by atoms with Crippen LogP contribution in [0, 0.1) is 0 Å². The van der Waals surface area contributed by atoms with E-state index < -0.39 is 6.04 Å². The first-order valence-corrected chi connectivity index (χ1v) is 11.4. The van der Waals surface area contributed by atoms with Crippen molar-refractivity contribution in [3.63, 3.8) is 0 Å². The molecule has 1 rings (SSSR count). The third-order valence-electron chi connectivity index (χ3n) is 5.08. The molecule has 0 radical (unpaired) electrons. The van der Waals surface area contributed by atoms with Gasteiger partial charge in [-0.1, -0.05) is 36.5 Å². The average molecular weight is 457 g/mol. The van der Waals surface area contributed by atoms with Gasteiger partial charge in [-0.25, -0.2) is 0 Å².